The van der Waals surface area contributed by atoms with Crippen molar-refractivity contribution in [1.82, 2.24) is 5.32 Å². The Balaban J connectivity index is 3.25. The molecule has 3 nitrogen and oxygen atoms in total. The highest BCUT2D eigenvalue weighted by Gasteiger charge is 2.38. The standard InChI is InChI=1S/C14H17F2NO2/c1-4-8-17-14(3,13(18)19-5-2)11-9-10(15)6-7-12(11)16/h4,6-7,9,17H,1,5,8H2,2-3H3. The van der Waals surface area contributed by atoms with Crippen LogP contribution in [0.3, 0.4) is 0 Å². The molecule has 0 radical (unpaired) electrons. The number of halogens is 2. The molecule has 1 atom stereocenters. The number of carbonyl (C=O) groups excluding carboxylic acids is 1. The summed E-state index contributed by atoms with van der Waals surface area (Å²) in [5.74, 6) is -1.96. The first-order chi connectivity index (χ1) is 8.95. The molecule has 0 aliphatic heterocycles. The zero-order chi connectivity index (χ0) is 14.5. The monoisotopic (exact) mass is 269 g/mol. The fraction of sp³-hybridized carbons (Fsp3) is 0.357. The minimum absolute atomic E-state index is 0.0900. The van der Waals surface area contributed by atoms with Crippen LogP contribution in [0.4, 0.5) is 8.78 Å². The number of ether oxygens (including phenoxy) is 1. The molecule has 0 aliphatic rings. The largest absolute Gasteiger partial charge is 0.464 e. The lowest BCUT2D eigenvalue weighted by Gasteiger charge is -2.29. The molecule has 0 aromatic heterocycles. The fourth-order valence-electron chi connectivity index (χ4n) is 1.71. The molecule has 1 rings (SSSR count). The molecule has 0 bridgehead atoms. The lowest BCUT2D eigenvalue weighted by atomic mass is 9.91. The number of rotatable bonds is 6. The Morgan fingerprint density at radius 3 is 2.79 bits per heavy atom. The van der Waals surface area contributed by atoms with E-state index in [1.54, 1.807) is 6.92 Å². The molecule has 0 aliphatic carbocycles. The highest BCUT2D eigenvalue weighted by atomic mass is 19.1. The van der Waals surface area contributed by atoms with Crippen LogP contribution < -0.4 is 5.32 Å². The number of esters is 1. The van der Waals surface area contributed by atoms with Gasteiger partial charge in [0.05, 0.1) is 6.61 Å². The summed E-state index contributed by atoms with van der Waals surface area (Å²) >= 11 is 0. The van der Waals surface area contributed by atoms with Crippen molar-refractivity contribution in [2.24, 2.45) is 0 Å². The lowest BCUT2D eigenvalue weighted by Crippen LogP contribution is -2.48. The van der Waals surface area contributed by atoms with Crippen LogP contribution in [0.2, 0.25) is 0 Å². The molecule has 19 heavy (non-hydrogen) atoms. The smallest absolute Gasteiger partial charge is 0.330 e. The zero-order valence-electron chi connectivity index (χ0n) is 11.0. The topological polar surface area (TPSA) is 38.3 Å². The molecular formula is C14H17F2NO2. The first kappa shape index (κ1) is 15.3. The maximum absolute atomic E-state index is 13.9. The van der Waals surface area contributed by atoms with Gasteiger partial charge < -0.3 is 4.74 Å². The first-order valence-electron chi connectivity index (χ1n) is 5.94. The fourth-order valence-corrected chi connectivity index (χ4v) is 1.71. The van der Waals surface area contributed by atoms with Gasteiger partial charge in [0.25, 0.3) is 0 Å². The van der Waals surface area contributed by atoms with Crippen molar-refractivity contribution in [2.45, 2.75) is 19.4 Å². The minimum atomic E-state index is -1.46. The summed E-state index contributed by atoms with van der Waals surface area (Å²) in [6.07, 6.45) is 1.52. The van der Waals surface area contributed by atoms with E-state index < -0.39 is 23.1 Å². The van der Waals surface area contributed by atoms with Crippen molar-refractivity contribution >= 4 is 5.97 Å². The van der Waals surface area contributed by atoms with E-state index in [9.17, 15) is 13.6 Å². The van der Waals surface area contributed by atoms with E-state index in [1.165, 1.54) is 13.0 Å². The molecule has 0 saturated carbocycles. The maximum atomic E-state index is 13.9. The van der Waals surface area contributed by atoms with Gasteiger partial charge in [0.2, 0.25) is 0 Å². The molecule has 1 unspecified atom stereocenters. The summed E-state index contributed by atoms with van der Waals surface area (Å²) in [4.78, 5) is 12.0. The molecule has 0 saturated heterocycles. The molecule has 1 aromatic rings. The Kier molecular flexibility index (Phi) is 5.18. The molecule has 5 heteroatoms. The van der Waals surface area contributed by atoms with Gasteiger partial charge in [0.15, 0.2) is 0 Å². The van der Waals surface area contributed by atoms with Crippen molar-refractivity contribution < 1.29 is 18.3 Å². The van der Waals surface area contributed by atoms with E-state index in [-0.39, 0.29) is 18.7 Å². The number of hydrogen-bond donors (Lipinski definition) is 1. The van der Waals surface area contributed by atoms with Crippen LogP contribution >= 0.6 is 0 Å². The Hall–Kier alpha value is -1.75. The second kappa shape index (κ2) is 6.43. The SMILES string of the molecule is C=CCNC(C)(C(=O)OCC)c1cc(F)ccc1F. The third kappa shape index (κ3) is 3.38. The van der Waals surface area contributed by atoms with Gasteiger partial charge in [-0.25, -0.2) is 13.6 Å². The van der Waals surface area contributed by atoms with E-state index in [0.29, 0.717) is 0 Å². The third-order valence-electron chi connectivity index (χ3n) is 2.75. The highest BCUT2D eigenvalue weighted by molar-refractivity contribution is 5.82. The van der Waals surface area contributed by atoms with Crippen LogP contribution in [0.5, 0.6) is 0 Å². The second-order valence-electron chi connectivity index (χ2n) is 4.14. The summed E-state index contributed by atoms with van der Waals surface area (Å²) in [6.45, 7) is 7.03. The van der Waals surface area contributed by atoms with Gasteiger partial charge in [0.1, 0.15) is 17.2 Å². The third-order valence-corrected chi connectivity index (χ3v) is 2.75. The maximum Gasteiger partial charge on any atom is 0.330 e. The van der Waals surface area contributed by atoms with Crippen molar-refractivity contribution in [3.05, 3.63) is 48.1 Å². The quantitative estimate of drug-likeness (QED) is 0.637. The van der Waals surface area contributed by atoms with Gasteiger partial charge in [-0.15, -0.1) is 6.58 Å². The van der Waals surface area contributed by atoms with Crippen LogP contribution in [0, 0.1) is 11.6 Å². The van der Waals surface area contributed by atoms with Gasteiger partial charge in [-0.3, -0.25) is 5.32 Å². The van der Waals surface area contributed by atoms with Crippen molar-refractivity contribution in [3.63, 3.8) is 0 Å². The number of hydrogen-bond acceptors (Lipinski definition) is 3. The Morgan fingerprint density at radius 1 is 1.53 bits per heavy atom. The summed E-state index contributed by atoms with van der Waals surface area (Å²) in [7, 11) is 0. The van der Waals surface area contributed by atoms with E-state index in [4.69, 9.17) is 4.74 Å². The van der Waals surface area contributed by atoms with Crippen LogP contribution in [0.15, 0.2) is 30.9 Å². The number of carbonyl (C=O) groups is 1. The average Bonchev–Trinajstić information content (AvgIpc) is 2.39. The predicted octanol–water partition coefficient (Wildman–Crippen LogP) is 2.52. The van der Waals surface area contributed by atoms with E-state index in [2.05, 4.69) is 11.9 Å². The molecule has 1 aromatic carbocycles. The minimum Gasteiger partial charge on any atom is -0.464 e. The zero-order valence-corrected chi connectivity index (χ0v) is 11.0. The van der Waals surface area contributed by atoms with E-state index in [0.717, 1.165) is 18.2 Å². The summed E-state index contributed by atoms with van der Waals surface area (Å²) in [6, 6.07) is 2.97. The van der Waals surface area contributed by atoms with Crippen LogP contribution in [-0.2, 0) is 15.1 Å². The van der Waals surface area contributed by atoms with E-state index in [1.807, 2.05) is 0 Å². The summed E-state index contributed by atoms with van der Waals surface area (Å²) in [5, 5.41) is 2.82. The van der Waals surface area contributed by atoms with Gasteiger partial charge in [-0.2, -0.15) is 0 Å². The Morgan fingerprint density at radius 2 is 2.21 bits per heavy atom. The van der Waals surface area contributed by atoms with Crippen molar-refractivity contribution in [2.75, 3.05) is 13.2 Å². The van der Waals surface area contributed by atoms with Crippen molar-refractivity contribution in [1.29, 1.82) is 0 Å². The van der Waals surface area contributed by atoms with Crippen LogP contribution in [0.1, 0.15) is 19.4 Å². The Labute approximate surface area is 111 Å². The molecule has 0 fully saturated rings. The molecule has 0 amide bonds. The Bertz CT molecular complexity index is 477. The predicted molar refractivity (Wildman–Crippen MR) is 68.5 cm³/mol. The van der Waals surface area contributed by atoms with Gasteiger partial charge in [0, 0.05) is 12.1 Å². The second-order valence-corrected chi connectivity index (χ2v) is 4.14. The lowest BCUT2D eigenvalue weighted by molar-refractivity contribution is -0.151. The summed E-state index contributed by atoms with van der Waals surface area (Å²) < 4.78 is 32.1. The normalized spacial score (nSPS) is 13.7. The number of benzene rings is 1. The van der Waals surface area contributed by atoms with Crippen LogP contribution in [-0.4, -0.2) is 19.1 Å². The van der Waals surface area contributed by atoms with Gasteiger partial charge in [-0.05, 0) is 32.0 Å². The van der Waals surface area contributed by atoms with Crippen LogP contribution in [0.25, 0.3) is 0 Å². The molecule has 0 spiro atoms. The molecule has 1 N–H and O–H groups in total. The van der Waals surface area contributed by atoms with Crippen molar-refractivity contribution in [3.8, 4) is 0 Å². The van der Waals surface area contributed by atoms with Gasteiger partial charge in [-0.1, -0.05) is 6.08 Å². The van der Waals surface area contributed by atoms with Gasteiger partial charge >= 0.3 is 5.97 Å². The molecule has 104 valence electrons. The van der Waals surface area contributed by atoms with E-state index >= 15 is 0 Å². The molecular weight excluding hydrogens is 252 g/mol. The highest BCUT2D eigenvalue weighted by Crippen LogP contribution is 2.26. The number of nitrogens with one attached hydrogen (secondary N) is 1. The first-order valence-corrected chi connectivity index (χ1v) is 5.94. The molecule has 0 heterocycles. The summed E-state index contributed by atoms with van der Waals surface area (Å²) in [5.41, 5.74) is -1.55. The average molecular weight is 269 g/mol.